The van der Waals surface area contributed by atoms with Gasteiger partial charge in [-0.05, 0) is 6.54 Å². The van der Waals surface area contributed by atoms with Crippen molar-refractivity contribution in [2.24, 2.45) is 0 Å². The first kappa shape index (κ1) is 8.53. The van der Waals surface area contributed by atoms with Gasteiger partial charge in [0.2, 0.25) is 0 Å². The molecule has 1 heterocycles. The van der Waals surface area contributed by atoms with E-state index in [0.717, 1.165) is 32.7 Å². The summed E-state index contributed by atoms with van der Waals surface area (Å²) in [5.74, 6) is 0.459. The molecule has 0 spiro atoms. The maximum Gasteiger partial charge on any atom is 0.330 e. The molecular weight excluding hydrogens is 140 g/mol. The SMILES string of the molecule is CCN1CC[N+](=C(C)O)CC1. The molecule has 0 atom stereocenters. The molecule has 0 aromatic rings. The molecule has 0 amide bonds. The van der Waals surface area contributed by atoms with E-state index in [-0.39, 0.29) is 0 Å². The molecule has 0 bridgehead atoms. The van der Waals surface area contributed by atoms with E-state index < -0.39 is 0 Å². The number of hydrogen-bond donors (Lipinski definition) is 1. The van der Waals surface area contributed by atoms with Gasteiger partial charge in [-0.25, -0.2) is 4.58 Å². The van der Waals surface area contributed by atoms with E-state index in [4.69, 9.17) is 5.11 Å². The zero-order chi connectivity index (χ0) is 8.27. The van der Waals surface area contributed by atoms with Crippen molar-refractivity contribution in [3.63, 3.8) is 0 Å². The number of hydrogen-bond acceptors (Lipinski definition) is 1. The van der Waals surface area contributed by atoms with Gasteiger partial charge in [-0.15, -0.1) is 0 Å². The molecule has 0 radical (unpaired) electrons. The van der Waals surface area contributed by atoms with Gasteiger partial charge < -0.3 is 5.11 Å². The average molecular weight is 157 g/mol. The molecule has 0 aromatic carbocycles. The normalized spacial score (nSPS) is 20.4. The zero-order valence-corrected chi connectivity index (χ0v) is 7.38. The van der Waals surface area contributed by atoms with Crippen LogP contribution in [0.25, 0.3) is 0 Å². The Morgan fingerprint density at radius 3 is 2.36 bits per heavy atom. The fraction of sp³-hybridized carbons (Fsp3) is 0.875. The molecule has 3 nitrogen and oxygen atoms in total. The Hall–Kier alpha value is -0.570. The van der Waals surface area contributed by atoms with Crippen molar-refractivity contribution in [2.75, 3.05) is 32.7 Å². The first-order valence-electron chi connectivity index (χ1n) is 4.24. The van der Waals surface area contributed by atoms with Crippen LogP contribution in [-0.4, -0.2) is 53.2 Å². The number of likely N-dealkylation sites (N-methyl/N-ethyl adjacent to an activating group) is 1. The third kappa shape index (κ3) is 2.19. The van der Waals surface area contributed by atoms with Gasteiger partial charge in [-0.1, -0.05) is 6.92 Å². The minimum atomic E-state index is 0.459. The highest BCUT2D eigenvalue weighted by Gasteiger charge is 2.18. The van der Waals surface area contributed by atoms with E-state index in [0.29, 0.717) is 5.90 Å². The quantitative estimate of drug-likeness (QED) is 0.438. The minimum Gasteiger partial charge on any atom is -0.464 e. The number of rotatable bonds is 1. The summed E-state index contributed by atoms with van der Waals surface area (Å²) in [5, 5.41) is 9.16. The lowest BCUT2D eigenvalue weighted by molar-refractivity contribution is -0.547. The smallest absolute Gasteiger partial charge is 0.330 e. The van der Waals surface area contributed by atoms with Crippen molar-refractivity contribution in [3.8, 4) is 0 Å². The Morgan fingerprint density at radius 1 is 1.45 bits per heavy atom. The predicted molar refractivity (Wildman–Crippen MR) is 45.4 cm³/mol. The van der Waals surface area contributed by atoms with E-state index in [1.54, 1.807) is 6.92 Å². The molecule has 64 valence electrons. The number of aliphatic hydroxyl groups is 1. The molecule has 0 aromatic heterocycles. The van der Waals surface area contributed by atoms with Crippen molar-refractivity contribution in [1.29, 1.82) is 0 Å². The standard InChI is InChI=1S/C8H16N2O/c1-3-9-4-6-10(7-5-9)8(2)11/h3-7H2,1-2H3/p+1. The van der Waals surface area contributed by atoms with Crippen LogP contribution in [0.15, 0.2) is 0 Å². The van der Waals surface area contributed by atoms with Gasteiger partial charge in [0.1, 0.15) is 0 Å². The second-order valence-corrected chi connectivity index (χ2v) is 2.97. The highest BCUT2D eigenvalue weighted by Crippen LogP contribution is 1.95. The summed E-state index contributed by atoms with van der Waals surface area (Å²) in [6.07, 6.45) is 0. The van der Waals surface area contributed by atoms with Crippen LogP contribution in [0.5, 0.6) is 0 Å². The summed E-state index contributed by atoms with van der Waals surface area (Å²) < 4.78 is 2.02. The number of aliphatic hydroxyl groups excluding tert-OH is 1. The van der Waals surface area contributed by atoms with Crippen LogP contribution in [0, 0.1) is 0 Å². The topological polar surface area (TPSA) is 26.5 Å². The Bertz CT molecular complexity index is 151. The summed E-state index contributed by atoms with van der Waals surface area (Å²) in [4.78, 5) is 2.39. The monoisotopic (exact) mass is 157 g/mol. The van der Waals surface area contributed by atoms with Crippen LogP contribution in [0.3, 0.4) is 0 Å². The van der Waals surface area contributed by atoms with Crippen LogP contribution in [0.2, 0.25) is 0 Å². The minimum absolute atomic E-state index is 0.459. The lowest BCUT2D eigenvalue weighted by Gasteiger charge is -2.23. The highest BCUT2D eigenvalue weighted by atomic mass is 16.3. The molecule has 3 heteroatoms. The van der Waals surface area contributed by atoms with Crippen LogP contribution in [0.4, 0.5) is 0 Å². The Labute approximate surface area is 67.9 Å². The predicted octanol–water partition coefficient (Wildman–Crippen LogP) is 0.311. The lowest BCUT2D eigenvalue weighted by atomic mass is 10.3. The van der Waals surface area contributed by atoms with Crippen molar-refractivity contribution in [2.45, 2.75) is 13.8 Å². The summed E-state index contributed by atoms with van der Waals surface area (Å²) in [7, 11) is 0. The van der Waals surface area contributed by atoms with Crippen molar-refractivity contribution in [3.05, 3.63) is 0 Å². The largest absolute Gasteiger partial charge is 0.464 e. The fourth-order valence-electron chi connectivity index (χ4n) is 1.39. The van der Waals surface area contributed by atoms with Gasteiger partial charge in [-0.3, -0.25) is 4.90 Å². The van der Waals surface area contributed by atoms with E-state index in [2.05, 4.69) is 11.8 Å². The molecule has 1 rings (SSSR count). The van der Waals surface area contributed by atoms with E-state index in [9.17, 15) is 0 Å². The second kappa shape index (κ2) is 3.72. The van der Waals surface area contributed by atoms with Gasteiger partial charge in [-0.2, -0.15) is 0 Å². The lowest BCUT2D eigenvalue weighted by Crippen LogP contribution is -2.43. The van der Waals surface area contributed by atoms with Crippen LogP contribution in [-0.2, 0) is 0 Å². The van der Waals surface area contributed by atoms with Crippen molar-refractivity contribution < 1.29 is 9.68 Å². The molecule has 1 saturated heterocycles. The summed E-state index contributed by atoms with van der Waals surface area (Å²) in [6, 6.07) is 0. The molecule has 11 heavy (non-hydrogen) atoms. The number of nitrogens with zero attached hydrogens (tertiary/aromatic N) is 2. The molecule has 1 aliphatic heterocycles. The summed E-state index contributed by atoms with van der Waals surface area (Å²) >= 11 is 0. The second-order valence-electron chi connectivity index (χ2n) is 2.97. The fourth-order valence-corrected chi connectivity index (χ4v) is 1.39. The zero-order valence-electron chi connectivity index (χ0n) is 7.38. The Balaban J connectivity index is 2.42. The third-order valence-corrected chi connectivity index (χ3v) is 2.28. The third-order valence-electron chi connectivity index (χ3n) is 2.28. The average Bonchev–Trinajstić information content (AvgIpc) is 2.05. The summed E-state index contributed by atoms with van der Waals surface area (Å²) in [6.45, 7) is 9.14. The summed E-state index contributed by atoms with van der Waals surface area (Å²) in [5.41, 5.74) is 0. The van der Waals surface area contributed by atoms with Crippen molar-refractivity contribution in [1.82, 2.24) is 4.90 Å². The number of piperazine rings is 1. The van der Waals surface area contributed by atoms with Gasteiger partial charge in [0.25, 0.3) is 0 Å². The van der Waals surface area contributed by atoms with Gasteiger partial charge in [0.15, 0.2) is 13.1 Å². The maximum atomic E-state index is 9.16. The van der Waals surface area contributed by atoms with Gasteiger partial charge in [0.05, 0.1) is 20.0 Å². The molecule has 1 N–H and O–H groups in total. The van der Waals surface area contributed by atoms with Crippen LogP contribution in [0.1, 0.15) is 13.8 Å². The molecular formula is C8H17N2O+. The van der Waals surface area contributed by atoms with E-state index in [1.165, 1.54) is 0 Å². The van der Waals surface area contributed by atoms with E-state index in [1.807, 2.05) is 4.58 Å². The maximum absolute atomic E-state index is 9.16. The molecule has 1 fully saturated rings. The van der Waals surface area contributed by atoms with Crippen LogP contribution < -0.4 is 0 Å². The Morgan fingerprint density at radius 2 is 2.00 bits per heavy atom. The first-order chi connectivity index (χ1) is 5.24. The highest BCUT2D eigenvalue weighted by molar-refractivity contribution is 5.64. The van der Waals surface area contributed by atoms with Crippen LogP contribution >= 0.6 is 0 Å². The molecule has 0 aliphatic carbocycles. The Kier molecular flexibility index (Phi) is 2.88. The van der Waals surface area contributed by atoms with Crippen molar-refractivity contribution >= 4 is 5.90 Å². The first-order valence-corrected chi connectivity index (χ1v) is 4.24. The van der Waals surface area contributed by atoms with Gasteiger partial charge in [0, 0.05) is 0 Å². The molecule has 0 unspecified atom stereocenters. The molecule has 1 aliphatic rings. The van der Waals surface area contributed by atoms with Gasteiger partial charge >= 0.3 is 5.90 Å². The van der Waals surface area contributed by atoms with E-state index >= 15 is 0 Å². The molecule has 0 saturated carbocycles.